The van der Waals surface area contributed by atoms with Crippen molar-refractivity contribution in [2.24, 2.45) is 0 Å². The normalized spacial score (nSPS) is 8.80. The van der Waals surface area contributed by atoms with E-state index in [4.69, 9.17) is 23.9 Å². The van der Waals surface area contributed by atoms with E-state index in [0.29, 0.717) is 16.4 Å². The van der Waals surface area contributed by atoms with Gasteiger partial charge in [-0.15, -0.1) is 0 Å². The van der Waals surface area contributed by atoms with Gasteiger partial charge in [0.15, 0.2) is 0 Å². The molecular weight excluding hydrogens is 148 g/mol. The molecule has 1 rings (SSSR count). The molecule has 10 heavy (non-hydrogen) atoms. The zero-order valence-corrected chi connectivity index (χ0v) is 5.89. The van der Waals surface area contributed by atoms with Crippen molar-refractivity contribution < 1.29 is 0 Å². The van der Waals surface area contributed by atoms with E-state index in [9.17, 15) is 0 Å². The largest absolute Gasteiger partial charge is 0.400 e. The molecule has 1 aromatic rings. The first-order chi connectivity index (χ1) is 4.74. The maximum atomic E-state index is 6.67. The van der Waals surface area contributed by atoms with Crippen LogP contribution in [0.2, 0.25) is 5.02 Å². The molecule has 0 aliphatic carbocycles. The molecule has 0 saturated heterocycles. The molecule has 0 unspecified atom stereocenters. The number of hydrogen-bond acceptors (Lipinski definition) is 1. The second-order valence-corrected chi connectivity index (χ2v) is 2.23. The minimum atomic E-state index is 0.404. The van der Waals surface area contributed by atoms with Gasteiger partial charge in [0.2, 0.25) is 5.69 Å². The average molecular weight is 153 g/mol. The number of benzene rings is 1. The van der Waals surface area contributed by atoms with Crippen LogP contribution in [-0.4, -0.2) is 0 Å². The van der Waals surface area contributed by atoms with Crippen LogP contribution in [0.5, 0.6) is 0 Å². The fourth-order valence-corrected chi connectivity index (χ4v) is 0.775. The summed E-state index contributed by atoms with van der Waals surface area (Å²) >= 11 is 5.63. The summed E-state index contributed by atoms with van der Waals surface area (Å²) < 4.78 is 0. The number of hydrogen-bond donors (Lipinski definition) is 1. The quantitative estimate of drug-likeness (QED) is 0.449. The molecule has 0 saturated carbocycles. The fraction of sp³-hybridized carbons (Fsp3) is 0. The predicted molar refractivity (Wildman–Crippen MR) is 42.1 cm³/mol. The minimum absolute atomic E-state index is 0.404. The van der Waals surface area contributed by atoms with Crippen molar-refractivity contribution in [3.8, 4) is 0 Å². The van der Waals surface area contributed by atoms with Crippen LogP contribution in [0.1, 0.15) is 0 Å². The lowest BCUT2D eigenvalue weighted by Crippen LogP contribution is -1.81. The topological polar surface area (TPSA) is 30.4 Å². The molecule has 0 atom stereocenters. The molecule has 0 radical (unpaired) electrons. The van der Waals surface area contributed by atoms with Crippen LogP contribution in [0.15, 0.2) is 18.2 Å². The van der Waals surface area contributed by atoms with Crippen molar-refractivity contribution in [1.82, 2.24) is 0 Å². The third-order valence-electron chi connectivity index (χ3n) is 1.09. The third kappa shape index (κ3) is 1.20. The van der Waals surface area contributed by atoms with Crippen LogP contribution >= 0.6 is 11.6 Å². The molecule has 3 heteroatoms. The Morgan fingerprint density at radius 1 is 1.50 bits per heavy atom. The van der Waals surface area contributed by atoms with Crippen molar-refractivity contribution in [2.45, 2.75) is 0 Å². The molecule has 0 amide bonds. The first kappa shape index (κ1) is 6.91. The molecule has 0 aliphatic heterocycles. The van der Waals surface area contributed by atoms with E-state index in [0.717, 1.165) is 0 Å². The first-order valence-electron chi connectivity index (χ1n) is 2.66. The minimum Gasteiger partial charge on any atom is -0.400 e. The summed E-state index contributed by atoms with van der Waals surface area (Å²) in [5.41, 5.74) is 6.37. The standard InChI is InChI=1S/C7H5ClN2/c1-10-7-4-5(9)2-3-6(7)8/h2-4H,9H2. The summed E-state index contributed by atoms with van der Waals surface area (Å²) in [6.07, 6.45) is 0. The summed E-state index contributed by atoms with van der Waals surface area (Å²) in [5.74, 6) is 0. The van der Waals surface area contributed by atoms with Crippen LogP contribution in [0.25, 0.3) is 4.85 Å². The van der Waals surface area contributed by atoms with Crippen LogP contribution in [0, 0.1) is 6.57 Å². The van der Waals surface area contributed by atoms with Gasteiger partial charge in [-0.25, -0.2) is 4.85 Å². The zero-order chi connectivity index (χ0) is 7.56. The van der Waals surface area contributed by atoms with Crippen LogP contribution < -0.4 is 5.73 Å². The van der Waals surface area contributed by atoms with E-state index < -0.39 is 0 Å². The Kier molecular flexibility index (Phi) is 1.79. The van der Waals surface area contributed by atoms with E-state index in [1.54, 1.807) is 18.2 Å². The maximum absolute atomic E-state index is 6.67. The molecule has 0 spiro atoms. The predicted octanol–water partition coefficient (Wildman–Crippen LogP) is 2.47. The number of nitrogens with two attached hydrogens (primary N) is 1. The van der Waals surface area contributed by atoms with Crippen molar-refractivity contribution in [3.63, 3.8) is 0 Å². The highest BCUT2D eigenvalue weighted by Crippen LogP contribution is 2.26. The third-order valence-corrected chi connectivity index (χ3v) is 1.41. The highest BCUT2D eigenvalue weighted by atomic mass is 35.5. The van der Waals surface area contributed by atoms with E-state index in [2.05, 4.69) is 4.85 Å². The summed E-state index contributed by atoms with van der Waals surface area (Å²) in [7, 11) is 0. The lowest BCUT2D eigenvalue weighted by molar-refractivity contribution is 1.69. The lowest BCUT2D eigenvalue weighted by atomic mass is 10.3. The van der Waals surface area contributed by atoms with Gasteiger partial charge in [-0.05, 0) is 12.1 Å². The Hall–Kier alpha value is -1.20. The Morgan fingerprint density at radius 2 is 2.20 bits per heavy atom. The molecule has 0 aromatic heterocycles. The van der Waals surface area contributed by atoms with Gasteiger partial charge in [0, 0.05) is 10.7 Å². The van der Waals surface area contributed by atoms with Crippen molar-refractivity contribution in [3.05, 3.63) is 34.6 Å². The summed E-state index contributed by atoms with van der Waals surface area (Å²) in [6.45, 7) is 6.67. The maximum Gasteiger partial charge on any atom is 0.207 e. The molecule has 0 aliphatic rings. The highest BCUT2D eigenvalue weighted by molar-refractivity contribution is 6.33. The van der Waals surface area contributed by atoms with E-state index in [1.807, 2.05) is 0 Å². The van der Waals surface area contributed by atoms with E-state index in [1.165, 1.54) is 0 Å². The fourth-order valence-electron chi connectivity index (χ4n) is 0.615. The van der Waals surface area contributed by atoms with Gasteiger partial charge in [-0.1, -0.05) is 17.7 Å². The van der Waals surface area contributed by atoms with Crippen molar-refractivity contribution in [1.29, 1.82) is 0 Å². The van der Waals surface area contributed by atoms with Gasteiger partial charge in [0.25, 0.3) is 0 Å². The van der Waals surface area contributed by atoms with E-state index >= 15 is 0 Å². The molecule has 0 fully saturated rings. The van der Waals surface area contributed by atoms with Crippen molar-refractivity contribution >= 4 is 23.0 Å². The number of nitrogens with zero attached hydrogens (tertiary/aromatic N) is 1. The smallest absolute Gasteiger partial charge is 0.207 e. The lowest BCUT2D eigenvalue weighted by Gasteiger charge is -1.94. The number of nitrogen functional groups attached to an aromatic ring is 1. The van der Waals surface area contributed by atoms with Gasteiger partial charge in [0.05, 0.1) is 6.57 Å². The molecule has 2 N–H and O–H groups in total. The second-order valence-electron chi connectivity index (χ2n) is 1.82. The Bertz CT molecular complexity index is 288. The summed E-state index contributed by atoms with van der Waals surface area (Å²) in [4.78, 5) is 3.17. The Balaban J connectivity index is 3.25. The molecule has 50 valence electrons. The molecule has 0 bridgehead atoms. The Labute approximate surface area is 64.0 Å². The number of rotatable bonds is 0. The van der Waals surface area contributed by atoms with Crippen LogP contribution in [0.4, 0.5) is 11.4 Å². The molecule has 2 nitrogen and oxygen atoms in total. The second kappa shape index (κ2) is 2.59. The highest BCUT2D eigenvalue weighted by Gasteiger charge is 1.97. The Morgan fingerprint density at radius 3 is 2.70 bits per heavy atom. The van der Waals surface area contributed by atoms with Gasteiger partial charge in [-0.3, -0.25) is 0 Å². The summed E-state index contributed by atoms with van der Waals surface area (Å²) in [6, 6.07) is 4.83. The summed E-state index contributed by atoms with van der Waals surface area (Å²) in [5, 5.41) is 0.448. The zero-order valence-electron chi connectivity index (χ0n) is 5.13. The van der Waals surface area contributed by atoms with Gasteiger partial charge in [0.1, 0.15) is 0 Å². The van der Waals surface area contributed by atoms with Crippen LogP contribution in [0.3, 0.4) is 0 Å². The van der Waals surface area contributed by atoms with Gasteiger partial charge >= 0.3 is 0 Å². The van der Waals surface area contributed by atoms with Crippen molar-refractivity contribution in [2.75, 3.05) is 5.73 Å². The van der Waals surface area contributed by atoms with Crippen LogP contribution in [-0.2, 0) is 0 Å². The molecular formula is C7H5ClN2. The molecule has 0 heterocycles. The monoisotopic (exact) mass is 152 g/mol. The average Bonchev–Trinajstić information content (AvgIpc) is 1.94. The molecule has 1 aromatic carbocycles. The number of halogens is 1. The van der Waals surface area contributed by atoms with Gasteiger partial charge in [-0.2, -0.15) is 0 Å². The van der Waals surface area contributed by atoms with Gasteiger partial charge < -0.3 is 5.73 Å². The first-order valence-corrected chi connectivity index (χ1v) is 3.04. The van der Waals surface area contributed by atoms with E-state index in [-0.39, 0.29) is 0 Å². The SMILES string of the molecule is [C-]#[N+]c1cc(N)ccc1Cl. The number of anilines is 1.